The molecule has 3 rings (SSSR count). The molecule has 2 amide bonds. The number of piperidine rings is 1. The molecule has 0 N–H and O–H groups in total. The summed E-state index contributed by atoms with van der Waals surface area (Å²) in [5.74, 6) is 1.53. The molecule has 2 aliphatic rings. The average Bonchev–Trinajstić information content (AvgIpc) is 2.71. The van der Waals surface area contributed by atoms with Gasteiger partial charge >= 0.3 is 0 Å². The van der Waals surface area contributed by atoms with Crippen molar-refractivity contribution in [2.45, 2.75) is 71.8 Å². The number of hydrogen-bond acceptors (Lipinski definition) is 3. The highest BCUT2D eigenvalue weighted by atomic mass is 16.5. The fourth-order valence-corrected chi connectivity index (χ4v) is 4.97. The summed E-state index contributed by atoms with van der Waals surface area (Å²) in [4.78, 5) is 29.4. The molecule has 30 heavy (non-hydrogen) atoms. The normalized spacial score (nSPS) is 22.8. The van der Waals surface area contributed by atoms with Gasteiger partial charge in [0.25, 0.3) is 5.91 Å². The molecule has 0 aromatic heterocycles. The number of likely N-dealkylation sites (tertiary alicyclic amines) is 1. The van der Waals surface area contributed by atoms with Crippen molar-refractivity contribution in [3.8, 4) is 5.75 Å². The molecule has 5 heteroatoms. The molecule has 1 atom stereocenters. The number of benzene rings is 1. The van der Waals surface area contributed by atoms with Crippen LogP contribution >= 0.6 is 0 Å². The number of rotatable bonds is 2. The molecule has 0 aliphatic carbocycles. The van der Waals surface area contributed by atoms with Crippen LogP contribution in [0.3, 0.4) is 0 Å². The van der Waals surface area contributed by atoms with Gasteiger partial charge in [-0.15, -0.1) is 0 Å². The van der Waals surface area contributed by atoms with Crippen LogP contribution in [-0.4, -0.2) is 54.4 Å². The fraction of sp³-hybridized carbons (Fsp3) is 0.680. The summed E-state index contributed by atoms with van der Waals surface area (Å²) >= 11 is 0. The van der Waals surface area contributed by atoms with Crippen LogP contribution in [-0.2, 0) is 16.0 Å². The van der Waals surface area contributed by atoms with Crippen molar-refractivity contribution in [1.82, 2.24) is 9.80 Å². The highest BCUT2D eigenvalue weighted by Crippen LogP contribution is 2.38. The lowest BCUT2D eigenvalue weighted by molar-refractivity contribution is -0.141. The van der Waals surface area contributed by atoms with E-state index in [1.54, 1.807) is 0 Å². The zero-order valence-corrected chi connectivity index (χ0v) is 19.2. The Morgan fingerprint density at radius 3 is 2.57 bits per heavy atom. The number of amides is 2. The SMILES string of the molecule is CC(C)CC(=O)N1CCC2(CCCCc3ccccc3O[C@H](C)C(=O)N(C)C2)CC1. The summed E-state index contributed by atoms with van der Waals surface area (Å²) in [5.41, 5.74) is 1.28. The lowest BCUT2D eigenvalue weighted by Gasteiger charge is -2.44. The summed E-state index contributed by atoms with van der Waals surface area (Å²) in [5, 5.41) is 0. The van der Waals surface area contributed by atoms with Gasteiger partial charge in [0, 0.05) is 33.1 Å². The zero-order chi connectivity index (χ0) is 21.7. The van der Waals surface area contributed by atoms with Crippen LogP contribution in [0.25, 0.3) is 0 Å². The van der Waals surface area contributed by atoms with Crippen LogP contribution in [0.2, 0.25) is 0 Å². The maximum Gasteiger partial charge on any atom is 0.263 e. The number of likely N-dealkylation sites (N-methyl/N-ethyl adjacent to an activating group) is 1. The second-order valence-corrected chi connectivity index (χ2v) is 9.75. The number of fused-ring (bicyclic) bond motifs is 1. The first-order valence-corrected chi connectivity index (χ1v) is 11.6. The molecule has 166 valence electrons. The molecule has 2 aliphatic heterocycles. The topological polar surface area (TPSA) is 49.9 Å². The molecule has 0 bridgehead atoms. The third kappa shape index (κ3) is 5.55. The van der Waals surface area contributed by atoms with Crippen molar-refractivity contribution in [2.24, 2.45) is 11.3 Å². The van der Waals surface area contributed by atoms with Gasteiger partial charge in [0.1, 0.15) is 5.75 Å². The van der Waals surface area contributed by atoms with Gasteiger partial charge in [-0.05, 0) is 62.0 Å². The number of carbonyl (C=O) groups is 2. The van der Waals surface area contributed by atoms with Gasteiger partial charge in [-0.2, -0.15) is 0 Å². The second kappa shape index (κ2) is 9.84. The second-order valence-electron chi connectivity index (χ2n) is 9.75. The van der Waals surface area contributed by atoms with Gasteiger partial charge < -0.3 is 14.5 Å². The van der Waals surface area contributed by atoms with E-state index >= 15 is 0 Å². The molecule has 1 aromatic rings. The maximum absolute atomic E-state index is 13.0. The van der Waals surface area contributed by atoms with E-state index in [0.717, 1.165) is 63.9 Å². The number of ether oxygens (including phenoxy) is 1. The summed E-state index contributed by atoms with van der Waals surface area (Å²) in [6, 6.07) is 8.08. The number of para-hydroxylation sites is 1. The molecular formula is C25H38N2O3. The summed E-state index contributed by atoms with van der Waals surface area (Å²) in [6.45, 7) is 8.40. The Morgan fingerprint density at radius 1 is 1.17 bits per heavy atom. The lowest BCUT2D eigenvalue weighted by Crippen LogP contribution is -2.50. The van der Waals surface area contributed by atoms with E-state index in [2.05, 4.69) is 19.9 Å². The predicted molar refractivity (Wildman–Crippen MR) is 119 cm³/mol. The maximum atomic E-state index is 13.0. The highest BCUT2D eigenvalue weighted by molar-refractivity contribution is 5.80. The van der Waals surface area contributed by atoms with E-state index < -0.39 is 6.10 Å². The minimum atomic E-state index is -0.500. The van der Waals surface area contributed by atoms with Crippen LogP contribution < -0.4 is 4.74 Å². The van der Waals surface area contributed by atoms with Gasteiger partial charge in [-0.25, -0.2) is 0 Å². The molecule has 1 spiro atoms. The fourth-order valence-electron chi connectivity index (χ4n) is 4.97. The van der Waals surface area contributed by atoms with E-state index in [1.165, 1.54) is 5.56 Å². The Labute approximate surface area is 181 Å². The van der Waals surface area contributed by atoms with E-state index in [0.29, 0.717) is 12.3 Å². The Bertz CT molecular complexity index is 738. The number of nitrogens with zero attached hydrogens (tertiary/aromatic N) is 2. The third-order valence-electron chi connectivity index (χ3n) is 6.74. The zero-order valence-electron chi connectivity index (χ0n) is 19.2. The molecule has 0 unspecified atom stereocenters. The Morgan fingerprint density at radius 2 is 1.87 bits per heavy atom. The van der Waals surface area contributed by atoms with Gasteiger partial charge in [0.2, 0.25) is 5.91 Å². The van der Waals surface area contributed by atoms with Gasteiger partial charge in [-0.3, -0.25) is 9.59 Å². The summed E-state index contributed by atoms with van der Waals surface area (Å²) in [6.07, 6.45) is 6.40. The minimum Gasteiger partial charge on any atom is -0.481 e. The summed E-state index contributed by atoms with van der Waals surface area (Å²) in [7, 11) is 1.90. The number of hydrogen-bond donors (Lipinski definition) is 0. The summed E-state index contributed by atoms with van der Waals surface area (Å²) < 4.78 is 6.07. The van der Waals surface area contributed by atoms with Crippen molar-refractivity contribution in [1.29, 1.82) is 0 Å². The predicted octanol–water partition coefficient (Wildman–Crippen LogP) is 4.29. The van der Waals surface area contributed by atoms with Gasteiger partial charge in [0.15, 0.2) is 6.10 Å². The lowest BCUT2D eigenvalue weighted by atomic mass is 9.73. The van der Waals surface area contributed by atoms with E-state index in [4.69, 9.17) is 4.74 Å². The van der Waals surface area contributed by atoms with Crippen molar-refractivity contribution in [3.05, 3.63) is 29.8 Å². The molecule has 1 fully saturated rings. The quantitative estimate of drug-likeness (QED) is 0.725. The van der Waals surface area contributed by atoms with Crippen LogP contribution in [0.5, 0.6) is 5.75 Å². The monoisotopic (exact) mass is 414 g/mol. The van der Waals surface area contributed by atoms with E-state index in [9.17, 15) is 9.59 Å². The molecular weight excluding hydrogens is 376 g/mol. The van der Waals surface area contributed by atoms with Crippen LogP contribution in [0, 0.1) is 11.3 Å². The molecule has 1 aromatic carbocycles. The molecule has 0 saturated carbocycles. The standard InChI is InChI=1S/C25H38N2O3/c1-19(2)17-23(28)27-15-13-25(14-16-27)12-8-7-10-21-9-5-6-11-22(21)30-20(3)24(29)26(4)18-25/h5-6,9,11,19-20H,7-8,10,12-18H2,1-4H3/t20-/m1/s1. The number of carbonyl (C=O) groups excluding carboxylic acids is 2. The van der Waals surface area contributed by atoms with Gasteiger partial charge in [0.05, 0.1) is 0 Å². The van der Waals surface area contributed by atoms with Gasteiger partial charge in [-0.1, -0.05) is 38.5 Å². The first-order chi connectivity index (χ1) is 14.3. The van der Waals surface area contributed by atoms with Crippen molar-refractivity contribution in [3.63, 3.8) is 0 Å². The highest BCUT2D eigenvalue weighted by Gasteiger charge is 2.38. The first-order valence-electron chi connectivity index (χ1n) is 11.6. The third-order valence-corrected chi connectivity index (χ3v) is 6.74. The Kier molecular flexibility index (Phi) is 7.43. The molecule has 2 heterocycles. The largest absolute Gasteiger partial charge is 0.481 e. The van der Waals surface area contributed by atoms with Crippen molar-refractivity contribution in [2.75, 3.05) is 26.7 Å². The van der Waals surface area contributed by atoms with Crippen LogP contribution in [0.4, 0.5) is 0 Å². The molecule has 1 saturated heterocycles. The Hall–Kier alpha value is -2.04. The minimum absolute atomic E-state index is 0.0306. The average molecular weight is 415 g/mol. The smallest absolute Gasteiger partial charge is 0.263 e. The van der Waals surface area contributed by atoms with E-state index in [1.807, 2.05) is 42.0 Å². The van der Waals surface area contributed by atoms with Crippen molar-refractivity contribution >= 4 is 11.8 Å². The van der Waals surface area contributed by atoms with Crippen molar-refractivity contribution < 1.29 is 14.3 Å². The Balaban J connectivity index is 1.72. The van der Waals surface area contributed by atoms with Crippen LogP contribution in [0.15, 0.2) is 24.3 Å². The number of aryl methyl sites for hydroxylation is 1. The van der Waals surface area contributed by atoms with E-state index in [-0.39, 0.29) is 17.2 Å². The first kappa shape index (κ1) is 22.6. The molecule has 0 radical (unpaired) electrons. The van der Waals surface area contributed by atoms with Crippen LogP contribution in [0.1, 0.15) is 64.9 Å². The molecule has 5 nitrogen and oxygen atoms in total.